The van der Waals surface area contributed by atoms with Crippen molar-refractivity contribution < 1.29 is 0 Å². The molecule has 0 saturated carbocycles. The van der Waals surface area contributed by atoms with Crippen LogP contribution in [0.5, 0.6) is 0 Å². The van der Waals surface area contributed by atoms with Crippen molar-refractivity contribution in [2.45, 2.75) is 26.4 Å². The van der Waals surface area contributed by atoms with Crippen LogP contribution in [0.25, 0.3) is 10.9 Å². The zero-order chi connectivity index (χ0) is 21.2. The molecule has 7 heteroatoms. The standard InChI is InChI=1S/C24H21N7/c1-16-23(28-13-18-9-19-5-4-17(11-25)10-22(19)27-12-18)29-15-30-24(16)31-8-6-21-20(14-31)3-2-7-26-21/h2-5,7,9-10,12,15H,6,8,13-14H2,1H3,(H,28,29,30). The van der Waals surface area contributed by atoms with Gasteiger partial charge in [0, 0.05) is 55.1 Å². The van der Waals surface area contributed by atoms with E-state index in [-0.39, 0.29) is 0 Å². The third-order valence-corrected chi connectivity index (χ3v) is 5.65. The molecular formula is C24H21N7. The van der Waals surface area contributed by atoms with Gasteiger partial charge in [-0.3, -0.25) is 9.97 Å². The number of hydrogen-bond donors (Lipinski definition) is 1. The summed E-state index contributed by atoms with van der Waals surface area (Å²) in [7, 11) is 0. The lowest BCUT2D eigenvalue weighted by molar-refractivity contribution is 0.699. The molecule has 31 heavy (non-hydrogen) atoms. The van der Waals surface area contributed by atoms with E-state index in [1.807, 2.05) is 30.6 Å². The predicted molar refractivity (Wildman–Crippen MR) is 120 cm³/mol. The molecule has 0 aliphatic carbocycles. The third kappa shape index (κ3) is 3.76. The summed E-state index contributed by atoms with van der Waals surface area (Å²) in [5.41, 5.74) is 5.95. The van der Waals surface area contributed by atoms with Gasteiger partial charge in [-0.2, -0.15) is 5.26 Å². The number of fused-ring (bicyclic) bond motifs is 2. The monoisotopic (exact) mass is 407 g/mol. The average Bonchev–Trinajstić information content (AvgIpc) is 2.82. The Morgan fingerprint density at radius 1 is 1.13 bits per heavy atom. The molecule has 7 nitrogen and oxygen atoms in total. The van der Waals surface area contributed by atoms with Crippen LogP contribution in [-0.4, -0.2) is 26.5 Å². The summed E-state index contributed by atoms with van der Waals surface area (Å²) in [5, 5.41) is 13.5. The fourth-order valence-electron chi connectivity index (χ4n) is 4.00. The van der Waals surface area contributed by atoms with Gasteiger partial charge in [-0.1, -0.05) is 12.1 Å². The van der Waals surface area contributed by atoms with Crippen LogP contribution in [0.15, 0.2) is 55.1 Å². The topological polar surface area (TPSA) is 90.6 Å². The first-order chi connectivity index (χ1) is 15.2. The van der Waals surface area contributed by atoms with E-state index in [1.54, 1.807) is 12.4 Å². The van der Waals surface area contributed by atoms with Crippen LogP contribution < -0.4 is 10.2 Å². The number of aromatic nitrogens is 4. The molecule has 0 fully saturated rings. The third-order valence-electron chi connectivity index (χ3n) is 5.65. The van der Waals surface area contributed by atoms with E-state index in [9.17, 15) is 0 Å². The highest BCUT2D eigenvalue weighted by Crippen LogP contribution is 2.27. The van der Waals surface area contributed by atoms with E-state index in [4.69, 9.17) is 5.26 Å². The fourth-order valence-corrected chi connectivity index (χ4v) is 4.00. The molecule has 5 rings (SSSR count). The molecular weight excluding hydrogens is 386 g/mol. The molecule has 0 unspecified atom stereocenters. The van der Waals surface area contributed by atoms with E-state index >= 15 is 0 Å². The van der Waals surface area contributed by atoms with E-state index in [0.717, 1.165) is 53.2 Å². The molecule has 0 spiro atoms. The zero-order valence-electron chi connectivity index (χ0n) is 17.2. The molecule has 0 amide bonds. The van der Waals surface area contributed by atoms with Crippen LogP contribution >= 0.6 is 0 Å². The number of anilines is 2. The Hall–Kier alpha value is -4.05. The van der Waals surface area contributed by atoms with Gasteiger partial charge in [-0.05, 0) is 42.3 Å². The Balaban J connectivity index is 1.34. The number of hydrogen-bond acceptors (Lipinski definition) is 7. The van der Waals surface area contributed by atoms with Crippen LogP contribution in [0.3, 0.4) is 0 Å². The summed E-state index contributed by atoms with van der Waals surface area (Å²) >= 11 is 0. The molecule has 0 saturated heterocycles. The first-order valence-corrected chi connectivity index (χ1v) is 10.2. The molecule has 0 bridgehead atoms. The molecule has 1 aromatic carbocycles. The SMILES string of the molecule is Cc1c(NCc2cnc3cc(C#N)ccc3c2)ncnc1N1CCc2ncccc2C1. The highest BCUT2D eigenvalue weighted by Gasteiger charge is 2.20. The second kappa shape index (κ2) is 8.00. The largest absolute Gasteiger partial charge is 0.366 e. The molecule has 1 aliphatic rings. The first kappa shape index (κ1) is 18.9. The molecule has 1 aliphatic heterocycles. The Morgan fingerprint density at radius 2 is 2.06 bits per heavy atom. The van der Waals surface area contributed by atoms with Crippen molar-refractivity contribution >= 4 is 22.5 Å². The van der Waals surface area contributed by atoms with Gasteiger partial charge in [-0.25, -0.2) is 9.97 Å². The molecule has 0 radical (unpaired) electrons. The van der Waals surface area contributed by atoms with Gasteiger partial charge in [0.1, 0.15) is 18.0 Å². The maximum Gasteiger partial charge on any atom is 0.137 e. The number of nitrogens with zero attached hydrogens (tertiary/aromatic N) is 6. The quantitative estimate of drug-likeness (QED) is 0.550. The Morgan fingerprint density at radius 3 is 2.97 bits per heavy atom. The summed E-state index contributed by atoms with van der Waals surface area (Å²) in [5.74, 6) is 1.77. The lowest BCUT2D eigenvalue weighted by atomic mass is 10.1. The Labute approximate surface area is 180 Å². The van der Waals surface area contributed by atoms with Crippen molar-refractivity contribution in [1.82, 2.24) is 19.9 Å². The molecule has 152 valence electrons. The van der Waals surface area contributed by atoms with E-state index in [0.29, 0.717) is 12.1 Å². The molecule has 1 N–H and O–H groups in total. The highest BCUT2D eigenvalue weighted by molar-refractivity contribution is 5.80. The first-order valence-electron chi connectivity index (χ1n) is 10.2. The lowest BCUT2D eigenvalue weighted by Crippen LogP contribution is -2.32. The van der Waals surface area contributed by atoms with Gasteiger partial charge in [0.25, 0.3) is 0 Å². The number of rotatable bonds is 4. The van der Waals surface area contributed by atoms with Crippen molar-refractivity contribution in [1.29, 1.82) is 5.26 Å². The summed E-state index contributed by atoms with van der Waals surface area (Å²) in [6.07, 6.45) is 6.23. The Kier molecular flexibility index (Phi) is 4.89. The van der Waals surface area contributed by atoms with Gasteiger partial charge in [0.2, 0.25) is 0 Å². The molecule has 4 heterocycles. The van der Waals surface area contributed by atoms with Crippen molar-refractivity contribution in [3.05, 3.63) is 83.1 Å². The highest BCUT2D eigenvalue weighted by atomic mass is 15.2. The van der Waals surface area contributed by atoms with Crippen molar-refractivity contribution in [3.8, 4) is 6.07 Å². The summed E-state index contributed by atoms with van der Waals surface area (Å²) < 4.78 is 0. The van der Waals surface area contributed by atoms with E-state index in [2.05, 4.69) is 55.3 Å². The van der Waals surface area contributed by atoms with Gasteiger partial charge in [-0.15, -0.1) is 0 Å². The van der Waals surface area contributed by atoms with E-state index in [1.165, 1.54) is 11.3 Å². The number of pyridine rings is 2. The second-order valence-corrected chi connectivity index (χ2v) is 7.67. The number of nitriles is 1. The van der Waals surface area contributed by atoms with Crippen molar-refractivity contribution in [2.75, 3.05) is 16.8 Å². The second-order valence-electron chi connectivity index (χ2n) is 7.67. The van der Waals surface area contributed by atoms with Crippen molar-refractivity contribution in [3.63, 3.8) is 0 Å². The van der Waals surface area contributed by atoms with Crippen LogP contribution in [-0.2, 0) is 19.5 Å². The molecule has 4 aromatic rings. The number of benzene rings is 1. The average molecular weight is 407 g/mol. The van der Waals surface area contributed by atoms with Crippen LogP contribution in [0.1, 0.15) is 27.9 Å². The van der Waals surface area contributed by atoms with Crippen LogP contribution in [0.2, 0.25) is 0 Å². The summed E-state index contributed by atoms with van der Waals surface area (Å²) in [6, 6.07) is 13.9. The van der Waals surface area contributed by atoms with Gasteiger partial charge in [0.05, 0.1) is 17.1 Å². The minimum absolute atomic E-state index is 0.604. The minimum Gasteiger partial charge on any atom is -0.366 e. The maximum absolute atomic E-state index is 9.05. The van der Waals surface area contributed by atoms with E-state index < -0.39 is 0 Å². The molecule has 3 aromatic heterocycles. The zero-order valence-corrected chi connectivity index (χ0v) is 17.2. The lowest BCUT2D eigenvalue weighted by Gasteiger charge is -2.30. The smallest absolute Gasteiger partial charge is 0.137 e. The minimum atomic E-state index is 0.604. The van der Waals surface area contributed by atoms with Gasteiger partial charge < -0.3 is 10.2 Å². The summed E-state index contributed by atoms with van der Waals surface area (Å²) in [6.45, 7) is 4.35. The predicted octanol–water partition coefficient (Wildman–Crippen LogP) is 3.77. The van der Waals surface area contributed by atoms with Crippen molar-refractivity contribution in [2.24, 2.45) is 0 Å². The van der Waals surface area contributed by atoms with Gasteiger partial charge >= 0.3 is 0 Å². The number of nitrogens with one attached hydrogen (secondary N) is 1. The molecule has 0 atom stereocenters. The Bertz CT molecular complexity index is 1310. The fraction of sp³-hybridized carbons (Fsp3) is 0.208. The van der Waals surface area contributed by atoms with Gasteiger partial charge in [0.15, 0.2) is 0 Å². The summed E-state index contributed by atoms with van der Waals surface area (Å²) in [4.78, 5) is 20.3. The van der Waals surface area contributed by atoms with Crippen LogP contribution in [0, 0.1) is 18.3 Å². The normalized spacial score (nSPS) is 13.0. The van der Waals surface area contributed by atoms with Crippen LogP contribution in [0.4, 0.5) is 11.6 Å². The maximum atomic E-state index is 9.05.